The van der Waals surface area contributed by atoms with E-state index < -0.39 is 31.1 Å². The minimum atomic E-state index is -1.22. The van der Waals surface area contributed by atoms with E-state index in [4.69, 9.17) is 9.84 Å². The third kappa shape index (κ3) is 2.79. The first-order valence-corrected chi connectivity index (χ1v) is 6.91. The molecule has 1 radical (unpaired) electrons. The molecule has 2 rings (SSSR count). The van der Waals surface area contributed by atoms with Gasteiger partial charge in [0.15, 0.2) is 0 Å². The zero-order valence-corrected chi connectivity index (χ0v) is 12.5. The van der Waals surface area contributed by atoms with Gasteiger partial charge >= 0.3 is 123 Å². The minimum absolute atomic E-state index is 0.240. The molecule has 1 aliphatic rings. The molecule has 0 amide bonds. The maximum atomic E-state index is 11.7. The summed E-state index contributed by atoms with van der Waals surface area (Å²) >= 11 is 2.62. The Morgan fingerprint density at radius 1 is 1.50 bits per heavy atom. The molecule has 0 unspecified atom stereocenters. The van der Waals surface area contributed by atoms with Gasteiger partial charge in [-0.15, -0.1) is 0 Å². The fourth-order valence-corrected chi connectivity index (χ4v) is 2.60. The number of aromatic nitrogens is 2. The van der Waals surface area contributed by atoms with Gasteiger partial charge in [-0.3, -0.25) is 0 Å². The standard InChI is InChI=1S/C11H16N3O5Se/c1-12-2-5-3-14(11(20)13-9(5)18)10-8(17)7(16)6(4-15)19-10/h3,6-8,10,12,15-17H,2,4H2,1H3/t6-,7-,8-,10-/m1/s1. The molecule has 4 N–H and O–H groups in total. The third-order valence-electron chi connectivity index (χ3n) is 3.15. The summed E-state index contributed by atoms with van der Waals surface area (Å²) < 4.78 is 7.09. The number of aliphatic hydroxyl groups excluding tert-OH is 3. The van der Waals surface area contributed by atoms with Crippen molar-refractivity contribution in [3.05, 3.63) is 22.1 Å². The normalized spacial score (nSPS) is 29.8. The molecule has 8 nitrogen and oxygen atoms in total. The fraction of sp³-hybridized carbons (Fsp3) is 0.636. The molecule has 0 saturated carbocycles. The molecular formula is C11H16N3O5Se. The van der Waals surface area contributed by atoms with Crippen LogP contribution in [0.15, 0.2) is 11.0 Å². The van der Waals surface area contributed by atoms with Crippen molar-refractivity contribution >= 4 is 20.7 Å². The summed E-state index contributed by atoms with van der Waals surface area (Å²) in [5.74, 6) is 0. The second kappa shape index (κ2) is 6.31. The van der Waals surface area contributed by atoms with Crippen LogP contribution in [0.1, 0.15) is 11.8 Å². The number of aliphatic hydroxyl groups is 3. The van der Waals surface area contributed by atoms with Crippen molar-refractivity contribution in [1.82, 2.24) is 14.9 Å². The van der Waals surface area contributed by atoms with Crippen LogP contribution in [0, 0.1) is 0 Å². The van der Waals surface area contributed by atoms with E-state index in [9.17, 15) is 15.0 Å². The Bertz CT molecular complexity index is 537. The Morgan fingerprint density at radius 3 is 2.75 bits per heavy atom. The second-order valence-electron chi connectivity index (χ2n) is 4.52. The predicted molar refractivity (Wildman–Crippen MR) is 69.7 cm³/mol. The first kappa shape index (κ1) is 15.6. The molecule has 9 heteroatoms. The van der Waals surface area contributed by atoms with Gasteiger partial charge in [-0.1, -0.05) is 0 Å². The van der Waals surface area contributed by atoms with Gasteiger partial charge in [-0.25, -0.2) is 0 Å². The Hall–Kier alpha value is -0.801. The fourth-order valence-electron chi connectivity index (χ4n) is 2.10. The Kier molecular flexibility index (Phi) is 4.92. The first-order valence-electron chi connectivity index (χ1n) is 6.05. The SMILES string of the molecule is CNCc1cn([C@@H]2O[C@H](CO)[C@@H](O)[C@H]2O)c([Se])nc1=O. The molecule has 20 heavy (non-hydrogen) atoms. The van der Waals surface area contributed by atoms with Crippen molar-refractivity contribution in [3.8, 4) is 0 Å². The molecule has 1 aromatic heterocycles. The quantitative estimate of drug-likeness (QED) is 0.415. The van der Waals surface area contributed by atoms with E-state index in [2.05, 4.69) is 26.3 Å². The summed E-state index contributed by atoms with van der Waals surface area (Å²) in [7, 11) is 1.70. The van der Waals surface area contributed by atoms with Crippen LogP contribution in [0.5, 0.6) is 0 Å². The van der Waals surface area contributed by atoms with Crippen LogP contribution in [-0.4, -0.2) is 72.8 Å². The topological polar surface area (TPSA) is 117 Å². The molecule has 0 bridgehead atoms. The van der Waals surface area contributed by atoms with Crippen molar-refractivity contribution < 1.29 is 20.1 Å². The molecule has 2 heterocycles. The number of nitrogens with zero attached hydrogens (tertiary/aromatic N) is 2. The number of hydrogen-bond donors (Lipinski definition) is 4. The van der Waals surface area contributed by atoms with E-state index in [1.165, 1.54) is 10.8 Å². The summed E-state index contributed by atoms with van der Waals surface area (Å²) in [5, 5.41) is 31.7. The van der Waals surface area contributed by atoms with Gasteiger partial charge in [0.1, 0.15) is 0 Å². The number of ether oxygens (including phenoxy) is 1. The Balaban J connectivity index is 2.37. The van der Waals surface area contributed by atoms with Crippen molar-refractivity contribution in [1.29, 1.82) is 0 Å². The van der Waals surface area contributed by atoms with Crippen LogP contribution in [-0.2, 0) is 11.3 Å². The first-order chi connectivity index (χ1) is 9.49. The van der Waals surface area contributed by atoms with Crippen LogP contribution in [0.3, 0.4) is 0 Å². The third-order valence-corrected chi connectivity index (χ3v) is 3.78. The summed E-state index contributed by atoms with van der Waals surface area (Å²) in [5.41, 5.74) is 0.0281. The molecular weight excluding hydrogens is 333 g/mol. The molecule has 111 valence electrons. The van der Waals surface area contributed by atoms with Crippen LogP contribution < -0.4 is 15.6 Å². The maximum absolute atomic E-state index is 11.7. The molecule has 1 aromatic rings. The molecule has 1 aliphatic heterocycles. The molecule has 0 spiro atoms. The zero-order chi connectivity index (χ0) is 14.9. The van der Waals surface area contributed by atoms with E-state index in [-0.39, 0.29) is 10.3 Å². The Morgan fingerprint density at radius 2 is 2.20 bits per heavy atom. The molecule has 0 aromatic carbocycles. The number of hydrogen-bond acceptors (Lipinski definition) is 7. The number of nitrogens with one attached hydrogen (secondary N) is 1. The zero-order valence-electron chi connectivity index (χ0n) is 10.8. The van der Waals surface area contributed by atoms with Gasteiger partial charge in [0, 0.05) is 0 Å². The van der Waals surface area contributed by atoms with Crippen LogP contribution in [0.25, 0.3) is 0 Å². The second-order valence-corrected chi connectivity index (χ2v) is 5.29. The average molecular weight is 349 g/mol. The molecule has 1 fully saturated rings. The Labute approximate surface area is 123 Å². The van der Waals surface area contributed by atoms with Crippen molar-refractivity contribution in [2.24, 2.45) is 0 Å². The monoisotopic (exact) mass is 350 g/mol. The van der Waals surface area contributed by atoms with Crippen molar-refractivity contribution in [3.63, 3.8) is 0 Å². The van der Waals surface area contributed by atoms with Gasteiger partial charge in [-0.2, -0.15) is 0 Å². The van der Waals surface area contributed by atoms with E-state index in [0.717, 1.165) is 0 Å². The van der Waals surface area contributed by atoms with E-state index >= 15 is 0 Å². The van der Waals surface area contributed by atoms with Gasteiger partial charge in [0.2, 0.25) is 0 Å². The predicted octanol–water partition coefficient (Wildman–Crippen LogP) is -3.63. The van der Waals surface area contributed by atoms with E-state index in [0.29, 0.717) is 12.1 Å². The summed E-state index contributed by atoms with van der Waals surface area (Å²) in [4.78, 5) is 15.5. The molecule has 4 atom stereocenters. The van der Waals surface area contributed by atoms with Gasteiger partial charge in [0.25, 0.3) is 0 Å². The van der Waals surface area contributed by atoms with Gasteiger partial charge < -0.3 is 0 Å². The van der Waals surface area contributed by atoms with E-state index in [1.54, 1.807) is 7.05 Å². The van der Waals surface area contributed by atoms with Crippen LogP contribution in [0.4, 0.5) is 0 Å². The van der Waals surface area contributed by atoms with Crippen molar-refractivity contribution in [2.45, 2.75) is 31.1 Å². The van der Waals surface area contributed by atoms with Gasteiger partial charge in [-0.05, 0) is 0 Å². The average Bonchev–Trinajstić information content (AvgIpc) is 2.70. The van der Waals surface area contributed by atoms with Crippen molar-refractivity contribution in [2.75, 3.05) is 13.7 Å². The molecule has 1 saturated heterocycles. The number of rotatable bonds is 4. The van der Waals surface area contributed by atoms with Gasteiger partial charge in [0.05, 0.1) is 0 Å². The summed E-state index contributed by atoms with van der Waals surface area (Å²) in [6, 6.07) is 0. The summed E-state index contributed by atoms with van der Waals surface area (Å²) in [6.45, 7) is -0.0879. The van der Waals surface area contributed by atoms with E-state index in [1.807, 2.05) is 0 Å². The van der Waals surface area contributed by atoms with Crippen LogP contribution >= 0.6 is 0 Å². The molecule has 0 aliphatic carbocycles. The van der Waals surface area contributed by atoms with Crippen LogP contribution in [0.2, 0.25) is 0 Å². The summed E-state index contributed by atoms with van der Waals surface area (Å²) in [6.07, 6.45) is -2.69.